The van der Waals surface area contributed by atoms with E-state index >= 15 is 0 Å². The minimum absolute atomic E-state index is 0.101. The van der Waals surface area contributed by atoms with Crippen molar-refractivity contribution in [1.29, 1.82) is 0 Å². The van der Waals surface area contributed by atoms with Crippen LogP contribution in [0.2, 0.25) is 0 Å². The normalized spacial score (nSPS) is 19.8. The van der Waals surface area contributed by atoms with E-state index in [2.05, 4.69) is 10.5 Å². The highest BCUT2D eigenvalue weighted by Crippen LogP contribution is 2.13. The summed E-state index contributed by atoms with van der Waals surface area (Å²) in [7, 11) is 0. The molecule has 6 nitrogen and oxygen atoms in total. The van der Waals surface area contributed by atoms with Crippen molar-refractivity contribution >= 4 is 11.6 Å². The number of nitrogens with one attached hydrogen (secondary N) is 1. The molecule has 0 saturated heterocycles. The fraction of sp³-hybridized carbons (Fsp3) is 0.444. The summed E-state index contributed by atoms with van der Waals surface area (Å²) in [5.74, 6) is -0.175. The monoisotopic (exact) mass is 330 g/mol. The number of carbonyl (C=O) groups excluding carboxylic acids is 1. The SMILES string of the molecule is O=C(NCC1=COCC1)C1=NOC(COCc2ccccc2)CC1. The van der Waals surface area contributed by atoms with E-state index in [-0.39, 0.29) is 12.0 Å². The van der Waals surface area contributed by atoms with Crippen molar-refractivity contribution in [3.8, 4) is 0 Å². The van der Waals surface area contributed by atoms with Gasteiger partial charge in [0, 0.05) is 19.4 Å². The Hall–Kier alpha value is -2.34. The van der Waals surface area contributed by atoms with Crippen LogP contribution in [0.25, 0.3) is 0 Å². The number of rotatable bonds is 7. The quantitative estimate of drug-likeness (QED) is 0.832. The number of carbonyl (C=O) groups is 1. The van der Waals surface area contributed by atoms with E-state index in [9.17, 15) is 4.79 Å². The van der Waals surface area contributed by atoms with Crippen LogP contribution in [0.3, 0.4) is 0 Å². The lowest BCUT2D eigenvalue weighted by molar-refractivity contribution is -0.115. The van der Waals surface area contributed by atoms with Crippen molar-refractivity contribution < 1.29 is 19.1 Å². The molecular weight excluding hydrogens is 308 g/mol. The van der Waals surface area contributed by atoms with Crippen molar-refractivity contribution in [2.24, 2.45) is 5.16 Å². The van der Waals surface area contributed by atoms with Gasteiger partial charge in [-0.3, -0.25) is 4.79 Å². The van der Waals surface area contributed by atoms with Gasteiger partial charge in [0.2, 0.25) is 0 Å². The van der Waals surface area contributed by atoms with Crippen LogP contribution in [0.4, 0.5) is 0 Å². The minimum Gasteiger partial charge on any atom is -0.501 e. The van der Waals surface area contributed by atoms with Crippen LogP contribution in [0.1, 0.15) is 24.8 Å². The summed E-state index contributed by atoms with van der Waals surface area (Å²) < 4.78 is 10.8. The molecule has 1 amide bonds. The Balaban J connectivity index is 1.36. The molecule has 0 saturated carbocycles. The fourth-order valence-corrected chi connectivity index (χ4v) is 2.54. The Morgan fingerprint density at radius 3 is 2.88 bits per heavy atom. The van der Waals surface area contributed by atoms with E-state index in [1.54, 1.807) is 6.26 Å². The Bertz CT molecular complexity index is 613. The van der Waals surface area contributed by atoms with Gasteiger partial charge in [0.05, 0.1) is 26.1 Å². The van der Waals surface area contributed by atoms with Crippen LogP contribution in [0.5, 0.6) is 0 Å². The van der Waals surface area contributed by atoms with Gasteiger partial charge in [0.25, 0.3) is 5.91 Å². The van der Waals surface area contributed by atoms with E-state index in [0.717, 1.165) is 24.0 Å². The second kappa shape index (κ2) is 8.49. The zero-order valence-electron chi connectivity index (χ0n) is 13.6. The van der Waals surface area contributed by atoms with Crippen LogP contribution in [-0.2, 0) is 25.7 Å². The molecule has 0 aliphatic carbocycles. The van der Waals surface area contributed by atoms with Gasteiger partial charge in [-0.1, -0.05) is 35.5 Å². The Morgan fingerprint density at radius 1 is 1.29 bits per heavy atom. The largest absolute Gasteiger partial charge is 0.501 e. The second-order valence-corrected chi connectivity index (χ2v) is 5.88. The number of benzene rings is 1. The first-order valence-corrected chi connectivity index (χ1v) is 8.23. The smallest absolute Gasteiger partial charge is 0.269 e. The number of nitrogens with zero attached hydrogens (tertiary/aromatic N) is 1. The lowest BCUT2D eigenvalue weighted by Gasteiger charge is -2.20. The van der Waals surface area contributed by atoms with Crippen LogP contribution >= 0.6 is 0 Å². The molecule has 128 valence electrons. The minimum atomic E-state index is -0.175. The fourth-order valence-electron chi connectivity index (χ4n) is 2.54. The summed E-state index contributed by atoms with van der Waals surface area (Å²) in [6, 6.07) is 9.99. The topological polar surface area (TPSA) is 69.2 Å². The van der Waals surface area contributed by atoms with Crippen molar-refractivity contribution in [3.63, 3.8) is 0 Å². The molecule has 2 aliphatic heterocycles. The van der Waals surface area contributed by atoms with Crippen LogP contribution in [0, 0.1) is 0 Å². The van der Waals surface area contributed by atoms with E-state index in [0.29, 0.717) is 38.5 Å². The maximum atomic E-state index is 12.0. The molecule has 1 N–H and O–H groups in total. The van der Waals surface area contributed by atoms with Crippen molar-refractivity contribution in [2.45, 2.75) is 32.0 Å². The van der Waals surface area contributed by atoms with Crippen molar-refractivity contribution in [3.05, 3.63) is 47.7 Å². The number of hydrogen-bond acceptors (Lipinski definition) is 5. The molecule has 2 heterocycles. The summed E-state index contributed by atoms with van der Waals surface area (Å²) >= 11 is 0. The van der Waals surface area contributed by atoms with Gasteiger partial charge in [-0.05, 0) is 17.6 Å². The van der Waals surface area contributed by atoms with Crippen LogP contribution < -0.4 is 5.32 Å². The molecule has 0 bridgehead atoms. The van der Waals surface area contributed by atoms with E-state index in [1.807, 2.05) is 30.3 Å². The van der Waals surface area contributed by atoms with E-state index < -0.39 is 0 Å². The summed E-state index contributed by atoms with van der Waals surface area (Å²) in [5, 5.41) is 6.80. The van der Waals surface area contributed by atoms with Gasteiger partial charge in [-0.15, -0.1) is 0 Å². The molecular formula is C18H22N2O4. The zero-order valence-corrected chi connectivity index (χ0v) is 13.6. The molecule has 0 spiro atoms. The Morgan fingerprint density at radius 2 is 2.17 bits per heavy atom. The number of hydrogen-bond donors (Lipinski definition) is 1. The molecule has 1 unspecified atom stereocenters. The summed E-state index contributed by atoms with van der Waals surface area (Å²) in [6.45, 7) is 2.22. The third kappa shape index (κ3) is 4.83. The van der Waals surface area contributed by atoms with Gasteiger partial charge >= 0.3 is 0 Å². The molecule has 1 atom stereocenters. The Labute approximate surface area is 141 Å². The molecule has 6 heteroatoms. The molecule has 1 aromatic rings. The lowest BCUT2D eigenvalue weighted by Crippen LogP contribution is -2.36. The molecule has 1 aromatic carbocycles. The molecule has 3 rings (SSSR count). The average molecular weight is 330 g/mol. The molecule has 24 heavy (non-hydrogen) atoms. The first-order chi connectivity index (χ1) is 11.8. The van der Waals surface area contributed by atoms with E-state index in [1.165, 1.54) is 0 Å². The maximum Gasteiger partial charge on any atom is 0.269 e. The van der Waals surface area contributed by atoms with Crippen molar-refractivity contribution in [1.82, 2.24) is 5.32 Å². The standard InChI is InChI=1S/C18H22N2O4/c21-18(19-10-15-8-9-22-12-15)17-7-6-16(24-20-17)13-23-11-14-4-2-1-3-5-14/h1-5,12,16H,6-11,13H2,(H,19,21). The van der Waals surface area contributed by atoms with Gasteiger partial charge < -0.3 is 19.6 Å². The Kier molecular flexibility index (Phi) is 5.85. The average Bonchev–Trinajstić information content (AvgIpc) is 3.15. The van der Waals surface area contributed by atoms with Gasteiger partial charge in [0.1, 0.15) is 5.71 Å². The first-order valence-electron chi connectivity index (χ1n) is 8.23. The van der Waals surface area contributed by atoms with Gasteiger partial charge in [0.15, 0.2) is 6.10 Å². The molecule has 0 aromatic heterocycles. The maximum absolute atomic E-state index is 12.0. The van der Waals surface area contributed by atoms with Gasteiger partial charge in [-0.25, -0.2) is 0 Å². The summed E-state index contributed by atoms with van der Waals surface area (Å²) in [5.41, 5.74) is 2.66. The second-order valence-electron chi connectivity index (χ2n) is 5.88. The molecule has 2 aliphatic rings. The predicted octanol–water partition coefficient (Wildman–Crippen LogP) is 2.16. The third-order valence-electron chi connectivity index (χ3n) is 3.96. The van der Waals surface area contributed by atoms with E-state index in [4.69, 9.17) is 14.3 Å². The summed E-state index contributed by atoms with van der Waals surface area (Å²) in [4.78, 5) is 17.4. The van der Waals surface area contributed by atoms with Crippen LogP contribution in [0.15, 0.2) is 47.3 Å². The number of amides is 1. The highest BCUT2D eigenvalue weighted by molar-refractivity contribution is 6.38. The van der Waals surface area contributed by atoms with Crippen LogP contribution in [-0.4, -0.2) is 37.5 Å². The first kappa shape index (κ1) is 16.5. The molecule has 0 fully saturated rings. The summed E-state index contributed by atoms with van der Waals surface area (Å²) in [6.07, 6.45) is 3.80. The number of oxime groups is 1. The van der Waals surface area contributed by atoms with Gasteiger partial charge in [-0.2, -0.15) is 0 Å². The molecule has 0 radical (unpaired) electrons. The zero-order chi connectivity index (χ0) is 16.6. The predicted molar refractivity (Wildman–Crippen MR) is 89.3 cm³/mol. The highest BCUT2D eigenvalue weighted by Gasteiger charge is 2.22. The third-order valence-corrected chi connectivity index (χ3v) is 3.96. The lowest BCUT2D eigenvalue weighted by atomic mass is 10.1. The highest BCUT2D eigenvalue weighted by atomic mass is 16.7. The number of ether oxygens (including phenoxy) is 2. The van der Waals surface area contributed by atoms with Crippen molar-refractivity contribution in [2.75, 3.05) is 19.8 Å².